The summed E-state index contributed by atoms with van der Waals surface area (Å²) in [5.74, 6) is 2.16. The van der Waals surface area contributed by atoms with Crippen molar-refractivity contribution in [3.63, 3.8) is 0 Å². The Kier molecular flexibility index (Phi) is 4.00. The van der Waals surface area contributed by atoms with E-state index >= 15 is 0 Å². The van der Waals surface area contributed by atoms with Crippen LogP contribution in [-0.4, -0.2) is 41.2 Å². The molecule has 5 heteroatoms. The van der Waals surface area contributed by atoms with E-state index in [-0.39, 0.29) is 5.92 Å². The summed E-state index contributed by atoms with van der Waals surface area (Å²) in [6.07, 6.45) is 4.77. The molecule has 2 aliphatic rings. The fraction of sp³-hybridized carbons (Fsp3) is 0.474. The van der Waals surface area contributed by atoms with Crippen LogP contribution in [0.3, 0.4) is 0 Å². The summed E-state index contributed by atoms with van der Waals surface area (Å²) < 4.78 is 5.44. The van der Waals surface area contributed by atoms with Gasteiger partial charge in [-0.2, -0.15) is 5.10 Å². The molecule has 4 rings (SSSR count). The van der Waals surface area contributed by atoms with Crippen molar-refractivity contribution in [2.75, 3.05) is 20.2 Å². The standard InChI is InChI=1S/C19H23N3O2/c1-24-18-5-3-2-4-14(18)15-12-16(15)19(23)22-10-7-13(8-11-22)17-6-9-20-21-17/h2-6,9,13,15-16H,7-8,10-12H2,1H3,(H,20,21)/t15-,16+/m0/s1. The SMILES string of the molecule is COc1ccccc1[C@@H]1C[C@H]1C(=O)N1CCC(c2ccn[nH]2)CC1. The highest BCUT2D eigenvalue weighted by molar-refractivity contribution is 5.83. The number of nitrogens with one attached hydrogen (secondary N) is 1. The Labute approximate surface area is 142 Å². The fourth-order valence-corrected chi connectivity index (χ4v) is 3.92. The van der Waals surface area contributed by atoms with E-state index in [0.717, 1.165) is 38.1 Å². The van der Waals surface area contributed by atoms with E-state index in [1.807, 2.05) is 29.2 Å². The van der Waals surface area contributed by atoms with Gasteiger partial charge in [-0.05, 0) is 42.9 Å². The topological polar surface area (TPSA) is 58.2 Å². The Morgan fingerprint density at radius 1 is 1.25 bits per heavy atom. The number of carbonyl (C=O) groups is 1. The number of nitrogens with zero attached hydrogens (tertiary/aromatic N) is 2. The van der Waals surface area contributed by atoms with Crippen molar-refractivity contribution in [1.82, 2.24) is 15.1 Å². The second-order valence-corrected chi connectivity index (χ2v) is 6.80. The smallest absolute Gasteiger partial charge is 0.226 e. The molecule has 2 atom stereocenters. The summed E-state index contributed by atoms with van der Waals surface area (Å²) >= 11 is 0. The second-order valence-electron chi connectivity index (χ2n) is 6.80. The maximum Gasteiger partial charge on any atom is 0.226 e. The Morgan fingerprint density at radius 2 is 2.04 bits per heavy atom. The third kappa shape index (κ3) is 2.79. The largest absolute Gasteiger partial charge is 0.496 e. The first-order valence-corrected chi connectivity index (χ1v) is 8.69. The van der Waals surface area contributed by atoms with Gasteiger partial charge in [0.15, 0.2) is 0 Å². The minimum Gasteiger partial charge on any atom is -0.496 e. The second kappa shape index (κ2) is 6.30. The molecule has 1 aromatic carbocycles. The van der Waals surface area contributed by atoms with E-state index in [4.69, 9.17) is 4.74 Å². The van der Waals surface area contributed by atoms with Crippen molar-refractivity contribution >= 4 is 5.91 Å². The first-order chi connectivity index (χ1) is 11.8. The van der Waals surface area contributed by atoms with Gasteiger partial charge in [-0.1, -0.05) is 18.2 Å². The third-order valence-corrected chi connectivity index (χ3v) is 5.41. The lowest BCUT2D eigenvalue weighted by molar-refractivity contribution is -0.133. The van der Waals surface area contributed by atoms with Crippen molar-refractivity contribution < 1.29 is 9.53 Å². The molecular weight excluding hydrogens is 302 g/mol. The Balaban J connectivity index is 1.36. The van der Waals surface area contributed by atoms with Crippen LogP contribution in [0.1, 0.15) is 42.4 Å². The van der Waals surface area contributed by atoms with Gasteiger partial charge in [0.25, 0.3) is 0 Å². The number of para-hydroxylation sites is 1. The summed E-state index contributed by atoms with van der Waals surface area (Å²) in [7, 11) is 1.69. The maximum atomic E-state index is 12.8. The van der Waals surface area contributed by atoms with Crippen LogP contribution < -0.4 is 4.74 Å². The van der Waals surface area contributed by atoms with Gasteiger partial charge in [0.1, 0.15) is 5.75 Å². The van der Waals surface area contributed by atoms with Gasteiger partial charge in [-0.3, -0.25) is 9.89 Å². The molecule has 126 valence electrons. The van der Waals surface area contributed by atoms with E-state index in [2.05, 4.69) is 16.3 Å². The number of hydrogen-bond acceptors (Lipinski definition) is 3. The monoisotopic (exact) mass is 325 g/mol. The zero-order chi connectivity index (χ0) is 16.5. The third-order valence-electron chi connectivity index (χ3n) is 5.41. The minimum absolute atomic E-state index is 0.130. The molecule has 1 aliphatic carbocycles. The van der Waals surface area contributed by atoms with E-state index < -0.39 is 0 Å². The van der Waals surface area contributed by atoms with E-state index in [1.165, 1.54) is 11.3 Å². The average molecular weight is 325 g/mol. The van der Waals surface area contributed by atoms with Crippen LogP contribution in [0.5, 0.6) is 5.75 Å². The van der Waals surface area contributed by atoms with Crippen LogP contribution in [0.2, 0.25) is 0 Å². The van der Waals surface area contributed by atoms with Crippen LogP contribution >= 0.6 is 0 Å². The molecule has 0 unspecified atom stereocenters. The Hall–Kier alpha value is -2.30. The molecule has 1 N–H and O–H groups in total. The Morgan fingerprint density at radius 3 is 2.75 bits per heavy atom. The molecule has 24 heavy (non-hydrogen) atoms. The molecular formula is C19H23N3O2. The number of likely N-dealkylation sites (tertiary alicyclic amines) is 1. The van der Waals surface area contributed by atoms with E-state index in [9.17, 15) is 4.79 Å². The van der Waals surface area contributed by atoms with Crippen molar-refractivity contribution in [2.45, 2.75) is 31.1 Å². The van der Waals surface area contributed by atoms with Crippen molar-refractivity contribution in [3.05, 3.63) is 47.8 Å². The lowest BCUT2D eigenvalue weighted by atomic mass is 9.93. The lowest BCUT2D eigenvalue weighted by Crippen LogP contribution is -2.39. The predicted molar refractivity (Wildman–Crippen MR) is 91.0 cm³/mol. The normalized spacial score (nSPS) is 24.0. The number of methoxy groups -OCH3 is 1. The van der Waals surface area contributed by atoms with Crippen molar-refractivity contribution in [2.24, 2.45) is 5.92 Å². The molecule has 1 aliphatic heterocycles. The molecule has 5 nitrogen and oxygen atoms in total. The molecule has 1 amide bonds. The number of benzene rings is 1. The first kappa shape index (κ1) is 15.2. The van der Waals surface area contributed by atoms with Gasteiger partial charge in [0.2, 0.25) is 5.91 Å². The molecule has 1 saturated carbocycles. The van der Waals surface area contributed by atoms with Gasteiger partial charge < -0.3 is 9.64 Å². The Bertz CT molecular complexity index is 705. The van der Waals surface area contributed by atoms with Gasteiger partial charge in [0, 0.05) is 36.8 Å². The summed E-state index contributed by atoms with van der Waals surface area (Å²) in [6.45, 7) is 1.69. The number of ether oxygens (including phenoxy) is 1. The molecule has 0 spiro atoms. The van der Waals surface area contributed by atoms with E-state index in [1.54, 1.807) is 13.3 Å². The summed E-state index contributed by atoms with van der Waals surface area (Å²) in [5.41, 5.74) is 2.37. The molecule has 1 aromatic heterocycles. The van der Waals surface area contributed by atoms with Crippen LogP contribution in [-0.2, 0) is 4.79 Å². The quantitative estimate of drug-likeness (QED) is 0.940. The minimum atomic E-state index is 0.130. The lowest BCUT2D eigenvalue weighted by Gasteiger charge is -2.31. The first-order valence-electron chi connectivity index (χ1n) is 8.69. The van der Waals surface area contributed by atoms with Gasteiger partial charge in [-0.25, -0.2) is 0 Å². The van der Waals surface area contributed by atoms with Crippen molar-refractivity contribution in [3.8, 4) is 5.75 Å². The highest BCUT2D eigenvalue weighted by Gasteiger charge is 2.47. The van der Waals surface area contributed by atoms with Gasteiger partial charge >= 0.3 is 0 Å². The van der Waals surface area contributed by atoms with Crippen LogP contribution in [0, 0.1) is 5.92 Å². The van der Waals surface area contributed by atoms with Crippen LogP contribution in [0.4, 0.5) is 0 Å². The number of amides is 1. The number of hydrogen-bond donors (Lipinski definition) is 1. The van der Waals surface area contributed by atoms with Gasteiger partial charge in [0.05, 0.1) is 7.11 Å². The molecule has 2 heterocycles. The highest BCUT2D eigenvalue weighted by Crippen LogP contribution is 2.51. The van der Waals surface area contributed by atoms with Gasteiger partial charge in [-0.15, -0.1) is 0 Å². The molecule has 0 bridgehead atoms. The molecule has 2 aromatic rings. The number of rotatable bonds is 4. The zero-order valence-corrected chi connectivity index (χ0v) is 13.9. The summed E-state index contributed by atoms with van der Waals surface area (Å²) in [6, 6.07) is 10.1. The molecule has 1 saturated heterocycles. The highest BCUT2D eigenvalue weighted by atomic mass is 16.5. The maximum absolute atomic E-state index is 12.8. The number of aromatic amines is 1. The molecule has 0 radical (unpaired) electrons. The number of H-pyrrole nitrogens is 1. The number of carbonyl (C=O) groups excluding carboxylic acids is 1. The number of aromatic nitrogens is 2. The van der Waals surface area contributed by atoms with Crippen LogP contribution in [0.15, 0.2) is 36.5 Å². The van der Waals surface area contributed by atoms with E-state index in [0.29, 0.717) is 17.7 Å². The summed E-state index contributed by atoms with van der Waals surface area (Å²) in [4.78, 5) is 14.9. The predicted octanol–water partition coefficient (Wildman–Crippen LogP) is 2.93. The van der Waals surface area contributed by atoms with Crippen molar-refractivity contribution in [1.29, 1.82) is 0 Å². The number of piperidine rings is 1. The summed E-state index contributed by atoms with van der Waals surface area (Å²) in [5, 5.41) is 7.09. The average Bonchev–Trinajstić information content (AvgIpc) is 3.25. The zero-order valence-electron chi connectivity index (χ0n) is 13.9. The molecule has 2 fully saturated rings. The fourth-order valence-electron chi connectivity index (χ4n) is 3.92. The van der Waals surface area contributed by atoms with Crippen LogP contribution in [0.25, 0.3) is 0 Å².